The quantitative estimate of drug-likeness (QED) is 0.316. The summed E-state index contributed by atoms with van der Waals surface area (Å²) < 4.78 is 35.4. The van der Waals surface area contributed by atoms with Crippen LogP contribution in [0, 0.1) is 10.1 Å². The molecule has 31 heavy (non-hydrogen) atoms. The molecule has 10 nitrogen and oxygen atoms in total. The van der Waals surface area contributed by atoms with E-state index < -0.39 is 20.9 Å². The maximum absolute atomic E-state index is 12.3. The molecule has 0 bridgehead atoms. The van der Waals surface area contributed by atoms with Gasteiger partial charge in [-0.1, -0.05) is 18.2 Å². The Bertz CT molecular complexity index is 1200. The van der Waals surface area contributed by atoms with Crippen molar-refractivity contribution in [2.45, 2.75) is 11.7 Å². The Labute approximate surface area is 178 Å². The number of ether oxygens (including phenoxy) is 1. The van der Waals surface area contributed by atoms with Gasteiger partial charge in [-0.05, 0) is 36.4 Å². The van der Waals surface area contributed by atoms with Crippen LogP contribution in [0.25, 0.3) is 0 Å². The Hall–Kier alpha value is -3.70. The number of rotatable bonds is 8. The van der Waals surface area contributed by atoms with E-state index in [2.05, 4.69) is 5.32 Å². The molecule has 0 fully saturated rings. The number of anilines is 2. The monoisotopic (exact) mass is 445 g/mol. The van der Waals surface area contributed by atoms with Crippen molar-refractivity contribution in [2.75, 3.05) is 19.4 Å². The van der Waals surface area contributed by atoms with Gasteiger partial charge in [0, 0.05) is 25.8 Å². The maximum Gasteiger partial charge on any atom is 0.338 e. The van der Waals surface area contributed by atoms with E-state index >= 15 is 0 Å². The lowest BCUT2D eigenvalue weighted by molar-refractivity contribution is -0.383. The van der Waals surface area contributed by atoms with Crippen LogP contribution in [0.1, 0.15) is 16.1 Å². The Morgan fingerprint density at radius 3 is 2.48 bits per heavy atom. The predicted molar refractivity (Wildman–Crippen MR) is 112 cm³/mol. The van der Waals surface area contributed by atoms with Gasteiger partial charge in [-0.25, -0.2) is 17.5 Å². The van der Waals surface area contributed by atoms with E-state index in [0.29, 0.717) is 5.69 Å². The number of nitro benzene ring substituents is 1. The summed E-state index contributed by atoms with van der Waals surface area (Å²) in [6, 6.07) is 15.4. The standard InChI is InChI=1S/C20H19N3O7S/c1-22(2)31(27,28)19-11-9-16(30-19)13-29-20(24)14-8-10-17(18(12-14)23(25)26)21-15-6-4-3-5-7-15/h3-12,21H,13H2,1-2H3. The van der Waals surface area contributed by atoms with Gasteiger partial charge in [-0.2, -0.15) is 0 Å². The van der Waals surface area contributed by atoms with Gasteiger partial charge in [-0.3, -0.25) is 10.1 Å². The van der Waals surface area contributed by atoms with Crippen LogP contribution in [0.2, 0.25) is 0 Å². The number of esters is 1. The molecule has 0 saturated heterocycles. The van der Waals surface area contributed by atoms with Gasteiger partial charge in [0.2, 0.25) is 5.09 Å². The normalized spacial score (nSPS) is 11.3. The van der Waals surface area contributed by atoms with Crippen molar-refractivity contribution in [3.8, 4) is 0 Å². The van der Waals surface area contributed by atoms with Crippen LogP contribution < -0.4 is 5.32 Å². The first-order valence-corrected chi connectivity index (χ1v) is 10.4. The zero-order chi connectivity index (χ0) is 22.6. The molecule has 0 unspecified atom stereocenters. The zero-order valence-electron chi connectivity index (χ0n) is 16.6. The Kier molecular flexibility index (Phi) is 6.37. The fourth-order valence-corrected chi connectivity index (χ4v) is 3.38. The molecule has 11 heteroatoms. The largest absolute Gasteiger partial charge is 0.454 e. The molecule has 2 aromatic carbocycles. The number of hydrogen-bond donors (Lipinski definition) is 1. The summed E-state index contributed by atoms with van der Waals surface area (Å²) in [5, 5.41) is 14.1. The number of carbonyl (C=O) groups is 1. The molecule has 1 aromatic heterocycles. The van der Waals surface area contributed by atoms with E-state index in [9.17, 15) is 23.3 Å². The van der Waals surface area contributed by atoms with Gasteiger partial charge in [0.25, 0.3) is 15.7 Å². The number of nitrogens with zero attached hydrogens (tertiary/aromatic N) is 2. The second-order valence-electron chi connectivity index (χ2n) is 6.56. The van der Waals surface area contributed by atoms with Gasteiger partial charge in [-0.15, -0.1) is 0 Å². The maximum atomic E-state index is 12.3. The topological polar surface area (TPSA) is 132 Å². The molecule has 1 heterocycles. The zero-order valence-corrected chi connectivity index (χ0v) is 17.5. The third kappa shape index (κ3) is 5.08. The van der Waals surface area contributed by atoms with Crippen molar-refractivity contribution in [1.82, 2.24) is 4.31 Å². The molecule has 0 radical (unpaired) electrons. The lowest BCUT2D eigenvalue weighted by atomic mass is 10.1. The van der Waals surface area contributed by atoms with Crippen molar-refractivity contribution in [3.63, 3.8) is 0 Å². The number of hydrogen-bond acceptors (Lipinski definition) is 8. The first kappa shape index (κ1) is 22.0. The lowest BCUT2D eigenvalue weighted by Gasteiger charge is -2.09. The number of carbonyl (C=O) groups excluding carboxylic acids is 1. The minimum absolute atomic E-state index is 0.0296. The SMILES string of the molecule is CN(C)S(=O)(=O)c1ccc(COC(=O)c2ccc(Nc3ccccc3)c([N+](=O)[O-])c2)o1. The van der Waals surface area contributed by atoms with Crippen LogP contribution in [0.5, 0.6) is 0 Å². The molecule has 0 amide bonds. The van der Waals surface area contributed by atoms with Crippen molar-refractivity contribution < 1.29 is 27.3 Å². The predicted octanol–water partition coefficient (Wildman–Crippen LogP) is 3.54. The van der Waals surface area contributed by atoms with Crippen LogP contribution in [-0.4, -0.2) is 37.7 Å². The van der Waals surface area contributed by atoms with Gasteiger partial charge in [0.15, 0.2) is 0 Å². The molecule has 0 aliphatic carbocycles. The highest BCUT2D eigenvalue weighted by atomic mass is 32.2. The Morgan fingerprint density at radius 2 is 1.84 bits per heavy atom. The average molecular weight is 445 g/mol. The van der Waals surface area contributed by atoms with E-state index in [1.807, 2.05) is 6.07 Å². The number of furan rings is 1. The van der Waals surface area contributed by atoms with E-state index in [0.717, 1.165) is 10.4 Å². The lowest BCUT2D eigenvalue weighted by Crippen LogP contribution is -2.21. The molecule has 0 aliphatic heterocycles. The van der Waals surface area contributed by atoms with Crippen LogP contribution in [0.4, 0.5) is 17.1 Å². The summed E-state index contributed by atoms with van der Waals surface area (Å²) in [4.78, 5) is 23.2. The fourth-order valence-electron chi connectivity index (χ4n) is 2.57. The number of para-hydroxylation sites is 1. The van der Waals surface area contributed by atoms with Crippen molar-refractivity contribution >= 4 is 33.1 Å². The van der Waals surface area contributed by atoms with Crippen molar-refractivity contribution in [1.29, 1.82) is 0 Å². The second kappa shape index (κ2) is 8.98. The Morgan fingerprint density at radius 1 is 1.13 bits per heavy atom. The van der Waals surface area contributed by atoms with Crippen LogP contribution in [-0.2, 0) is 21.4 Å². The molecule has 0 spiro atoms. The minimum atomic E-state index is -3.75. The molecule has 162 valence electrons. The van der Waals surface area contributed by atoms with Gasteiger partial charge in [0.05, 0.1) is 10.5 Å². The highest BCUT2D eigenvalue weighted by molar-refractivity contribution is 7.88. The molecule has 0 saturated carbocycles. The number of benzene rings is 2. The summed E-state index contributed by atoms with van der Waals surface area (Å²) in [6.45, 7) is -0.334. The third-order valence-corrected chi connectivity index (χ3v) is 5.89. The van der Waals surface area contributed by atoms with Gasteiger partial charge < -0.3 is 14.5 Å². The molecule has 3 rings (SSSR count). The van der Waals surface area contributed by atoms with Crippen LogP contribution in [0.15, 0.2) is 70.2 Å². The van der Waals surface area contributed by atoms with E-state index in [1.54, 1.807) is 24.3 Å². The molecular weight excluding hydrogens is 426 g/mol. The first-order valence-electron chi connectivity index (χ1n) is 8.97. The van der Waals surface area contributed by atoms with Gasteiger partial charge >= 0.3 is 5.97 Å². The van der Waals surface area contributed by atoms with Crippen molar-refractivity contribution in [3.05, 3.63) is 82.1 Å². The van der Waals surface area contributed by atoms with Crippen molar-refractivity contribution in [2.24, 2.45) is 0 Å². The number of sulfonamides is 1. The smallest absolute Gasteiger partial charge is 0.338 e. The minimum Gasteiger partial charge on any atom is -0.454 e. The first-order chi connectivity index (χ1) is 14.7. The molecule has 1 N–H and O–H groups in total. The molecule has 0 atom stereocenters. The average Bonchev–Trinajstić information content (AvgIpc) is 3.22. The summed E-state index contributed by atoms with van der Waals surface area (Å²) in [5.74, 6) is -0.701. The highest BCUT2D eigenvalue weighted by Crippen LogP contribution is 2.29. The van der Waals surface area contributed by atoms with E-state index in [4.69, 9.17) is 9.15 Å². The highest BCUT2D eigenvalue weighted by Gasteiger charge is 2.22. The second-order valence-corrected chi connectivity index (χ2v) is 8.65. The summed E-state index contributed by atoms with van der Waals surface area (Å²) >= 11 is 0. The third-order valence-electron chi connectivity index (χ3n) is 4.20. The van der Waals surface area contributed by atoms with E-state index in [-0.39, 0.29) is 34.4 Å². The number of nitro groups is 1. The fraction of sp³-hybridized carbons (Fsp3) is 0.150. The summed E-state index contributed by atoms with van der Waals surface area (Å²) in [5.41, 5.74) is 0.549. The van der Waals surface area contributed by atoms with E-state index in [1.165, 1.54) is 38.4 Å². The number of nitrogens with one attached hydrogen (secondary N) is 1. The van der Waals surface area contributed by atoms with Gasteiger partial charge in [0.1, 0.15) is 18.1 Å². The van der Waals surface area contributed by atoms with Crippen LogP contribution in [0.3, 0.4) is 0 Å². The Balaban J connectivity index is 1.73. The summed E-state index contributed by atoms with van der Waals surface area (Å²) in [7, 11) is -1.02. The molecule has 0 aliphatic rings. The molecular formula is C20H19N3O7S. The summed E-state index contributed by atoms with van der Waals surface area (Å²) in [6.07, 6.45) is 0. The van der Waals surface area contributed by atoms with Crippen LogP contribution >= 0.6 is 0 Å². The molecule has 3 aromatic rings.